The van der Waals surface area contributed by atoms with Crippen LogP contribution in [0.5, 0.6) is 11.6 Å². The Morgan fingerprint density at radius 2 is 1.93 bits per heavy atom. The number of hydrogen-bond donors (Lipinski definition) is 0. The molecule has 1 aliphatic rings. The minimum absolute atomic E-state index is 0.0115. The highest BCUT2D eigenvalue weighted by molar-refractivity contribution is 5.86. The zero-order chi connectivity index (χ0) is 29.8. The molecule has 3 rings (SSSR count). The second-order valence-electron chi connectivity index (χ2n) is 9.86. The van der Waals surface area contributed by atoms with E-state index in [0.29, 0.717) is 12.1 Å². The fourth-order valence-electron chi connectivity index (χ4n) is 3.71. The molecule has 1 atom stereocenters. The van der Waals surface area contributed by atoms with Crippen molar-refractivity contribution in [1.29, 1.82) is 5.26 Å². The van der Waals surface area contributed by atoms with E-state index in [4.69, 9.17) is 14.2 Å². The third kappa shape index (κ3) is 7.62. The van der Waals surface area contributed by atoms with Crippen LogP contribution in [0.3, 0.4) is 0 Å². The van der Waals surface area contributed by atoms with Crippen LogP contribution in [-0.2, 0) is 18.0 Å². The lowest BCUT2D eigenvalue weighted by atomic mass is 9.96. The van der Waals surface area contributed by atoms with Gasteiger partial charge in [0.2, 0.25) is 5.88 Å². The topological polar surface area (TPSA) is 107 Å². The number of carbonyl (C=O) groups is 1. The number of alkyl halides is 3. The van der Waals surface area contributed by atoms with E-state index in [2.05, 4.69) is 4.98 Å². The summed E-state index contributed by atoms with van der Waals surface area (Å²) in [6, 6.07) is 5.10. The number of anilines is 1. The number of rotatable bonds is 7. The summed E-state index contributed by atoms with van der Waals surface area (Å²) in [6.45, 7) is 7.04. The van der Waals surface area contributed by atoms with Crippen molar-refractivity contribution in [2.24, 2.45) is 13.0 Å². The molecular formula is C27H28F4N4O5. The Bertz CT molecular complexity index is 1430. The molecule has 0 bridgehead atoms. The number of carbonyl (C=O) groups excluding carboxylic acids is 1. The maximum absolute atomic E-state index is 13.7. The van der Waals surface area contributed by atoms with E-state index in [1.165, 1.54) is 34.7 Å². The second kappa shape index (κ2) is 11.8. The average Bonchev–Trinajstić information content (AvgIpc) is 2.84. The van der Waals surface area contributed by atoms with E-state index in [-0.39, 0.29) is 48.5 Å². The average molecular weight is 565 g/mol. The normalized spacial score (nSPS) is 15.4. The number of aromatic nitrogens is 2. The van der Waals surface area contributed by atoms with Crippen LogP contribution >= 0.6 is 0 Å². The Hall–Kier alpha value is -4.34. The van der Waals surface area contributed by atoms with E-state index >= 15 is 0 Å². The molecule has 1 amide bonds. The number of amides is 1. The van der Waals surface area contributed by atoms with Crippen molar-refractivity contribution in [3.8, 4) is 17.7 Å². The highest BCUT2D eigenvalue weighted by Gasteiger charge is 2.32. The zero-order valence-electron chi connectivity index (χ0n) is 22.5. The Morgan fingerprint density at radius 1 is 1.23 bits per heavy atom. The van der Waals surface area contributed by atoms with Gasteiger partial charge in [-0.1, -0.05) is 6.08 Å². The fraction of sp³-hybridized carbons (Fsp3) is 0.407. The Balaban J connectivity index is 1.75. The molecule has 214 valence electrons. The standard InChI is InChI=1S/C27H28F4N4O5/c1-6-35(25(37)40-26(2,3)4)23-13-22(33-24(36)34(23)5)38-15-16-7-8-21(17(9-16)14-32)39-20-11-18(27(29,30)31)10-19(28)12-20/h8-13,16H,6-7,15H2,1-5H3. The monoisotopic (exact) mass is 564 g/mol. The molecule has 1 aliphatic carbocycles. The lowest BCUT2D eigenvalue weighted by Crippen LogP contribution is -2.40. The van der Waals surface area contributed by atoms with E-state index < -0.39 is 40.7 Å². The van der Waals surface area contributed by atoms with Gasteiger partial charge in [-0.25, -0.2) is 14.0 Å². The van der Waals surface area contributed by atoms with Gasteiger partial charge >= 0.3 is 18.0 Å². The van der Waals surface area contributed by atoms with Gasteiger partial charge in [0.15, 0.2) is 0 Å². The van der Waals surface area contributed by atoms with Crippen LogP contribution in [0.2, 0.25) is 0 Å². The van der Waals surface area contributed by atoms with Crippen molar-refractivity contribution in [2.75, 3.05) is 18.1 Å². The molecule has 0 spiro atoms. The van der Waals surface area contributed by atoms with Crippen LogP contribution in [0, 0.1) is 23.1 Å². The molecule has 0 saturated heterocycles. The SMILES string of the molecule is CCN(C(=O)OC(C)(C)C)c1cc(OCC2C=C(C#N)C(Oc3cc(F)cc(C(F)(F)F)c3)=CC2)nc(=O)n1C. The number of ether oxygens (including phenoxy) is 3. The number of halogens is 4. The van der Waals surface area contributed by atoms with E-state index in [1.807, 2.05) is 6.07 Å². The van der Waals surface area contributed by atoms with Gasteiger partial charge in [0.05, 0.1) is 17.7 Å². The fourth-order valence-corrected chi connectivity index (χ4v) is 3.71. The highest BCUT2D eigenvalue weighted by atomic mass is 19.4. The molecule has 0 radical (unpaired) electrons. The van der Waals surface area contributed by atoms with E-state index in [1.54, 1.807) is 27.7 Å². The summed E-state index contributed by atoms with van der Waals surface area (Å²) in [7, 11) is 1.45. The lowest BCUT2D eigenvalue weighted by Gasteiger charge is -2.27. The Labute approximate surface area is 227 Å². The molecule has 1 aromatic heterocycles. The highest BCUT2D eigenvalue weighted by Crippen LogP contribution is 2.34. The summed E-state index contributed by atoms with van der Waals surface area (Å²) in [4.78, 5) is 30.3. The molecule has 40 heavy (non-hydrogen) atoms. The predicted molar refractivity (Wildman–Crippen MR) is 136 cm³/mol. The summed E-state index contributed by atoms with van der Waals surface area (Å²) in [6.07, 6.45) is -2.19. The van der Waals surface area contributed by atoms with Crippen LogP contribution < -0.4 is 20.1 Å². The van der Waals surface area contributed by atoms with Gasteiger partial charge in [-0.05, 0) is 52.3 Å². The number of benzene rings is 1. The van der Waals surface area contributed by atoms with E-state index in [0.717, 1.165) is 6.07 Å². The third-order valence-corrected chi connectivity index (χ3v) is 5.56. The van der Waals surface area contributed by atoms with Gasteiger partial charge in [-0.3, -0.25) is 9.47 Å². The van der Waals surface area contributed by atoms with Crippen molar-refractivity contribution in [2.45, 2.75) is 45.9 Å². The number of allylic oxidation sites excluding steroid dienone is 2. The minimum atomic E-state index is -4.77. The van der Waals surface area contributed by atoms with Gasteiger partial charge in [0.1, 0.15) is 34.8 Å². The molecule has 9 nitrogen and oxygen atoms in total. The molecule has 0 saturated carbocycles. The Kier molecular flexibility index (Phi) is 8.92. The molecular weight excluding hydrogens is 536 g/mol. The molecule has 0 aliphatic heterocycles. The van der Waals surface area contributed by atoms with Crippen molar-refractivity contribution < 1.29 is 36.6 Å². The van der Waals surface area contributed by atoms with Crippen molar-refractivity contribution in [3.05, 3.63) is 69.6 Å². The lowest BCUT2D eigenvalue weighted by molar-refractivity contribution is -0.137. The van der Waals surface area contributed by atoms with Crippen LogP contribution in [0.1, 0.15) is 39.7 Å². The summed E-state index contributed by atoms with van der Waals surface area (Å²) >= 11 is 0. The third-order valence-electron chi connectivity index (χ3n) is 5.56. The zero-order valence-corrected chi connectivity index (χ0v) is 22.5. The maximum Gasteiger partial charge on any atom is 0.416 e. The molecule has 2 aromatic rings. The number of nitriles is 1. The van der Waals surface area contributed by atoms with Crippen molar-refractivity contribution in [1.82, 2.24) is 9.55 Å². The molecule has 1 unspecified atom stereocenters. The van der Waals surface area contributed by atoms with Gasteiger partial charge in [-0.2, -0.15) is 23.4 Å². The number of nitrogens with zero attached hydrogens (tertiary/aromatic N) is 4. The summed E-state index contributed by atoms with van der Waals surface area (Å²) in [5, 5.41) is 9.57. The molecule has 0 fully saturated rings. The van der Waals surface area contributed by atoms with Crippen LogP contribution in [0.15, 0.2) is 52.5 Å². The smallest absolute Gasteiger partial charge is 0.416 e. The van der Waals surface area contributed by atoms with Crippen molar-refractivity contribution in [3.63, 3.8) is 0 Å². The molecule has 0 N–H and O–H groups in total. The van der Waals surface area contributed by atoms with Crippen LogP contribution in [0.25, 0.3) is 0 Å². The first-order chi connectivity index (χ1) is 18.6. The quantitative estimate of drug-likeness (QED) is 0.408. The number of hydrogen-bond acceptors (Lipinski definition) is 7. The molecule has 13 heteroatoms. The Morgan fingerprint density at radius 3 is 2.52 bits per heavy atom. The summed E-state index contributed by atoms with van der Waals surface area (Å²) in [5.74, 6) is -1.81. The van der Waals surface area contributed by atoms with Crippen molar-refractivity contribution >= 4 is 11.9 Å². The van der Waals surface area contributed by atoms with Gasteiger partial charge in [0, 0.05) is 31.6 Å². The van der Waals surface area contributed by atoms with Crippen LogP contribution in [0.4, 0.5) is 28.2 Å². The first-order valence-corrected chi connectivity index (χ1v) is 12.2. The summed E-state index contributed by atoms with van der Waals surface area (Å²) < 4.78 is 70.5. The van der Waals surface area contributed by atoms with Gasteiger partial charge in [0.25, 0.3) is 0 Å². The van der Waals surface area contributed by atoms with E-state index in [9.17, 15) is 32.4 Å². The molecule has 1 heterocycles. The van der Waals surface area contributed by atoms with Gasteiger partial charge in [-0.15, -0.1) is 0 Å². The second-order valence-corrected chi connectivity index (χ2v) is 9.86. The maximum atomic E-state index is 13.7. The largest absolute Gasteiger partial charge is 0.477 e. The first kappa shape index (κ1) is 30.2. The van der Waals surface area contributed by atoms with Crippen LogP contribution in [-0.4, -0.2) is 34.4 Å². The molecule has 1 aromatic carbocycles. The first-order valence-electron chi connectivity index (χ1n) is 12.2. The van der Waals surface area contributed by atoms with Gasteiger partial charge < -0.3 is 14.2 Å². The summed E-state index contributed by atoms with van der Waals surface area (Å²) in [5.41, 5.74) is -2.64. The minimum Gasteiger partial charge on any atom is -0.477 e. The predicted octanol–water partition coefficient (Wildman–Crippen LogP) is 5.51.